The molecule has 98 valence electrons. The molecule has 0 atom stereocenters. The van der Waals surface area contributed by atoms with E-state index in [1.807, 2.05) is 20.8 Å². The van der Waals surface area contributed by atoms with Crippen LogP contribution < -0.4 is 5.32 Å². The molecule has 2 N–H and O–H groups in total. The van der Waals surface area contributed by atoms with Crippen LogP contribution >= 0.6 is 0 Å². The Morgan fingerprint density at radius 2 is 1.94 bits per heavy atom. The van der Waals surface area contributed by atoms with Crippen LogP contribution in [0.3, 0.4) is 0 Å². The highest BCUT2D eigenvalue weighted by molar-refractivity contribution is 5.80. The fraction of sp³-hybridized carbons (Fsp3) is 0.833. The molecule has 1 aliphatic carbocycles. The number of nitrogens with one attached hydrogen (secondary N) is 1. The maximum Gasteiger partial charge on any atom is 0.311 e. The molecule has 0 unspecified atom stereocenters. The predicted octanol–water partition coefficient (Wildman–Crippen LogP) is 1.17. The van der Waals surface area contributed by atoms with E-state index in [2.05, 4.69) is 5.32 Å². The van der Waals surface area contributed by atoms with Crippen molar-refractivity contribution in [1.82, 2.24) is 5.32 Å². The maximum absolute atomic E-state index is 11.5. The van der Waals surface area contributed by atoms with E-state index in [1.165, 1.54) is 0 Å². The molecule has 1 aliphatic rings. The predicted molar refractivity (Wildman–Crippen MR) is 62.6 cm³/mol. The van der Waals surface area contributed by atoms with E-state index < -0.39 is 11.4 Å². The zero-order valence-corrected chi connectivity index (χ0v) is 10.7. The Hall–Kier alpha value is -1.10. The first-order valence-electron chi connectivity index (χ1n) is 5.89. The number of hydrogen-bond donors (Lipinski definition) is 2. The van der Waals surface area contributed by atoms with E-state index in [4.69, 9.17) is 9.84 Å². The Kier molecular flexibility index (Phi) is 4.14. The number of ether oxygens (including phenoxy) is 1. The summed E-state index contributed by atoms with van der Waals surface area (Å²) in [5.74, 6) is -1.08. The van der Waals surface area contributed by atoms with Gasteiger partial charge in [-0.05, 0) is 33.6 Å². The lowest BCUT2D eigenvalue weighted by Gasteiger charge is -2.37. The second-order valence-corrected chi connectivity index (χ2v) is 5.62. The molecule has 0 spiro atoms. The van der Waals surface area contributed by atoms with Crippen molar-refractivity contribution in [1.29, 1.82) is 0 Å². The minimum atomic E-state index is -0.819. The standard InChI is InChI=1S/C12H21NO4/c1-11(2,3)17-7-9(14)13-8-12(10(15)16)5-4-6-12/h4-8H2,1-3H3,(H,13,14)(H,15,16). The van der Waals surface area contributed by atoms with Gasteiger partial charge >= 0.3 is 5.97 Å². The van der Waals surface area contributed by atoms with Gasteiger partial charge in [-0.3, -0.25) is 9.59 Å². The molecule has 0 heterocycles. The summed E-state index contributed by atoms with van der Waals surface area (Å²) in [4.78, 5) is 22.5. The topological polar surface area (TPSA) is 75.6 Å². The molecule has 1 rings (SSSR count). The third-order valence-electron chi connectivity index (χ3n) is 3.02. The first-order valence-corrected chi connectivity index (χ1v) is 5.89. The Labute approximate surface area is 102 Å². The summed E-state index contributed by atoms with van der Waals surface area (Å²) >= 11 is 0. The fourth-order valence-corrected chi connectivity index (χ4v) is 1.67. The maximum atomic E-state index is 11.5. The third kappa shape index (κ3) is 4.00. The summed E-state index contributed by atoms with van der Waals surface area (Å²) in [5.41, 5.74) is -1.10. The molecule has 0 radical (unpaired) electrons. The molecule has 1 saturated carbocycles. The molecule has 0 aromatic carbocycles. The molecule has 0 saturated heterocycles. The normalized spacial score (nSPS) is 18.3. The zero-order valence-electron chi connectivity index (χ0n) is 10.7. The second-order valence-electron chi connectivity index (χ2n) is 5.62. The van der Waals surface area contributed by atoms with Crippen LogP contribution in [-0.4, -0.2) is 35.7 Å². The third-order valence-corrected chi connectivity index (χ3v) is 3.02. The summed E-state index contributed by atoms with van der Waals surface area (Å²) in [7, 11) is 0. The zero-order chi connectivity index (χ0) is 13.1. The lowest BCUT2D eigenvalue weighted by Crippen LogP contribution is -2.48. The number of hydrogen-bond acceptors (Lipinski definition) is 3. The van der Waals surface area contributed by atoms with E-state index >= 15 is 0 Å². The number of rotatable bonds is 5. The van der Waals surface area contributed by atoms with Gasteiger partial charge in [-0.25, -0.2) is 0 Å². The fourth-order valence-electron chi connectivity index (χ4n) is 1.67. The summed E-state index contributed by atoms with van der Waals surface area (Å²) in [6.45, 7) is 5.77. The smallest absolute Gasteiger partial charge is 0.311 e. The Morgan fingerprint density at radius 3 is 2.29 bits per heavy atom. The molecule has 1 amide bonds. The van der Waals surface area contributed by atoms with Crippen molar-refractivity contribution in [3.8, 4) is 0 Å². The average molecular weight is 243 g/mol. The largest absolute Gasteiger partial charge is 0.481 e. The first-order chi connectivity index (χ1) is 7.75. The first kappa shape index (κ1) is 14.0. The molecule has 5 heteroatoms. The highest BCUT2D eigenvalue weighted by Crippen LogP contribution is 2.40. The number of carbonyl (C=O) groups excluding carboxylic acids is 1. The van der Waals surface area contributed by atoms with Crippen LogP contribution in [0.1, 0.15) is 40.0 Å². The Balaban J connectivity index is 2.30. The van der Waals surface area contributed by atoms with Gasteiger partial charge in [0.1, 0.15) is 6.61 Å². The molecular weight excluding hydrogens is 222 g/mol. The van der Waals surface area contributed by atoms with Gasteiger partial charge in [-0.2, -0.15) is 0 Å². The van der Waals surface area contributed by atoms with Gasteiger partial charge in [0, 0.05) is 6.54 Å². The van der Waals surface area contributed by atoms with E-state index in [9.17, 15) is 9.59 Å². The van der Waals surface area contributed by atoms with E-state index in [-0.39, 0.29) is 24.7 Å². The van der Waals surface area contributed by atoms with Crippen molar-refractivity contribution in [2.45, 2.75) is 45.6 Å². The highest BCUT2D eigenvalue weighted by Gasteiger charge is 2.44. The van der Waals surface area contributed by atoms with Crippen LogP contribution in [-0.2, 0) is 14.3 Å². The van der Waals surface area contributed by atoms with Crippen LogP contribution in [0.25, 0.3) is 0 Å². The van der Waals surface area contributed by atoms with Crippen LogP contribution in [0, 0.1) is 5.41 Å². The molecule has 0 aliphatic heterocycles. The Bertz CT molecular complexity index is 302. The van der Waals surface area contributed by atoms with Crippen LogP contribution in [0.2, 0.25) is 0 Å². The summed E-state index contributed by atoms with van der Waals surface area (Å²) < 4.78 is 5.31. The average Bonchev–Trinajstić information content (AvgIpc) is 2.11. The molecule has 17 heavy (non-hydrogen) atoms. The monoisotopic (exact) mass is 243 g/mol. The van der Waals surface area contributed by atoms with Gasteiger partial charge in [0.25, 0.3) is 0 Å². The number of carboxylic acids is 1. The molecule has 0 aromatic rings. The van der Waals surface area contributed by atoms with E-state index in [0.29, 0.717) is 12.8 Å². The van der Waals surface area contributed by atoms with E-state index in [0.717, 1.165) is 6.42 Å². The van der Waals surface area contributed by atoms with Crippen LogP contribution in [0.4, 0.5) is 0 Å². The van der Waals surface area contributed by atoms with Gasteiger partial charge in [0.05, 0.1) is 11.0 Å². The number of aliphatic carboxylic acids is 1. The summed E-state index contributed by atoms with van der Waals surface area (Å²) in [6.07, 6.45) is 2.20. The SMILES string of the molecule is CC(C)(C)OCC(=O)NCC1(C(=O)O)CCC1. The van der Waals surface area contributed by atoms with Gasteiger partial charge in [-0.1, -0.05) is 6.42 Å². The number of carbonyl (C=O) groups is 2. The summed E-state index contributed by atoms with van der Waals surface area (Å²) in [6, 6.07) is 0. The van der Waals surface area contributed by atoms with Gasteiger partial charge in [-0.15, -0.1) is 0 Å². The highest BCUT2D eigenvalue weighted by atomic mass is 16.5. The van der Waals surface area contributed by atoms with Crippen molar-refractivity contribution in [3.05, 3.63) is 0 Å². The van der Waals surface area contributed by atoms with Crippen LogP contribution in [0.15, 0.2) is 0 Å². The minimum Gasteiger partial charge on any atom is -0.481 e. The minimum absolute atomic E-state index is 0.0286. The molecular formula is C12H21NO4. The lowest BCUT2D eigenvalue weighted by molar-refractivity contribution is -0.154. The number of amides is 1. The number of carboxylic acid groups (broad SMARTS) is 1. The Morgan fingerprint density at radius 1 is 1.35 bits per heavy atom. The van der Waals surface area contributed by atoms with Gasteiger partial charge < -0.3 is 15.2 Å². The van der Waals surface area contributed by atoms with Crippen molar-refractivity contribution in [2.75, 3.05) is 13.2 Å². The van der Waals surface area contributed by atoms with Crippen molar-refractivity contribution in [3.63, 3.8) is 0 Å². The van der Waals surface area contributed by atoms with Crippen molar-refractivity contribution < 1.29 is 19.4 Å². The van der Waals surface area contributed by atoms with Gasteiger partial charge in [0.15, 0.2) is 0 Å². The van der Waals surface area contributed by atoms with Crippen LogP contribution in [0.5, 0.6) is 0 Å². The summed E-state index contributed by atoms with van der Waals surface area (Å²) in [5, 5.41) is 11.7. The molecule has 0 bridgehead atoms. The van der Waals surface area contributed by atoms with Gasteiger partial charge in [0.2, 0.25) is 5.91 Å². The quantitative estimate of drug-likeness (QED) is 0.760. The van der Waals surface area contributed by atoms with E-state index in [1.54, 1.807) is 0 Å². The van der Waals surface area contributed by atoms with Crippen molar-refractivity contribution >= 4 is 11.9 Å². The van der Waals surface area contributed by atoms with Crippen molar-refractivity contribution in [2.24, 2.45) is 5.41 Å². The lowest BCUT2D eigenvalue weighted by atomic mass is 9.69. The second kappa shape index (κ2) is 5.04. The molecule has 0 aromatic heterocycles. The molecule has 1 fully saturated rings. The molecule has 5 nitrogen and oxygen atoms in total.